The van der Waals surface area contributed by atoms with Gasteiger partial charge in [-0.2, -0.15) is 0 Å². The second-order valence-corrected chi connectivity index (χ2v) is 9.48. The molecule has 7 heteroatoms. The summed E-state index contributed by atoms with van der Waals surface area (Å²) < 4.78 is 0. The Labute approximate surface area is 215 Å². The van der Waals surface area contributed by atoms with E-state index in [2.05, 4.69) is 17.1 Å². The molecule has 182 valence electrons. The first kappa shape index (κ1) is 23.8. The predicted octanol–water partition coefficient (Wildman–Crippen LogP) is 5.78. The van der Waals surface area contributed by atoms with Gasteiger partial charge in [-0.15, -0.1) is 0 Å². The number of benzene rings is 3. The number of amides is 2. The number of aromatic nitrogens is 1. The van der Waals surface area contributed by atoms with Gasteiger partial charge in [-0.3, -0.25) is 9.59 Å². The van der Waals surface area contributed by atoms with E-state index in [4.69, 9.17) is 16.6 Å². The first-order valence-corrected chi connectivity index (χ1v) is 12.3. The molecule has 0 saturated carbocycles. The third kappa shape index (κ3) is 4.90. The lowest BCUT2D eigenvalue weighted by molar-refractivity contribution is -0.114. The molecule has 36 heavy (non-hydrogen) atoms. The van der Waals surface area contributed by atoms with Crippen LogP contribution in [0.25, 0.3) is 22.2 Å². The molecule has 2 amide bonds. The second-order valence-electron chi connectivity index (χ2n) is 9.04. The van der Waals surface area contributed by atoms with Crippen molar-refractivity contribution >= 4 is 45.7 Å². The van der Waals surface area contributed by atoms with E-state index >= 15 is 0 Å². The van der Waals surface area contributed by atoms with Crippen molar-refractivity contribution in [3.05, 3.63) is 88.9 Å². The molecule has 0 atom stereocenters. The largest absolute Gasteiger partial charge is 0.368 e. The number of carbonyl (C=O) groups excluding carboxylic acids is 2. The maximum atomic E-state index is 13.7. The number of halogens is 1. The number of fused-ring (bicyclic) bond motifs is 1. The van der Waals surface area contributed by atoms with Crippen LogP contribution in [-0.2, 0) is 4.79 Å². The van der Waals surface area contributed by atoms with E-state index in [0.29, 0.717) is 18.7 Å². The number of carbonyl (C=O) groups is 2. The third-order valence-corrected chi connectivity index (χ3v) is 6.76. The maximum absolute atomic E-state index is 13.7. The fourth-order valence-corrected chi connectivity index (χ4v) is 4.84. The highest BCUT2D eigenvalue weighted by Crippen LogP contribution is 2.29. The van der Waals surface area contributed by atoms with Crippen LogP contribution in [-0.4, -0.2) is 47.9 Å². The summed E-state index contributed by atoms with van der Waals surface area (Å²) in [5, 5.41) is 4.34. The molecular weight excluding hydrogens is 472 g/mol. The Hall–Kier alpha value is -3.90. The number of piperazine rings is 1. The van der Waals surface area contributed by atoms with Crippen molar-refractivity contribution in [1.82, 2.24) is 9.88 Å². The molecule has 1 aromatic heterocycles. The molecule has 1 aliphatic heterocycles. The molecule has 0 aliphatic carbocycles. The zero-order chi connectivity index (χ0) is 25.2. The minimum absolute atomic E-state index is 0.00665. The lowest BCUT2D eigenvalue weighted by Crippen LogP contribution is -2.49. The molecule has 1 aliphatic rings. The number of anilines is 2. The average molecular weight is 499 g/mol. The van der Waals surface area contributed by atoms with Crippen molar-refractivity contribution in [2.45, 2.75) is 13.8 Å². The molecule has 1 fully saturated rings. The van der Waals surface area contributed by atoms with Gasteiger partial charge in [0.15, 0.2) is 0 Å². The zero-order valence-corrected chi connectivity index (χ0v) is 21.0. The molecule has 1 N–H and O–H groups in total. The highest BCUT2D eigenvalue weighted by molar-refractivity contribution is 6.30. The Kier molecular flexibility index (Phi) is 6.61. The van der Waals surface area contributed by atoms with Crippen LogP contribution in [0.3, 0.4) is 0 Å². The van der Waals surface area contributed by atoms with Crippen LogP contribution in [0, 0.1) is 6.92 Å². The topological polar surface area (TPSA) is 65.5 Å². The lowest BCUT2D eigenvalue weighted by Gasteiger charge is -2.37. The molecule has 3 aromatic carbocycles. The Morgan fingerprint density at radius 3 is 2.36 bits per heavy atom. The van der Waals surface area contributed by atoms with Crippen LogP contribution >= 0.6 is 11.6 Å². The number of pyridine rings is 1. The summed E-state index contributed by atoms with van der Waals surface area (Å²) in [6, 6.07) is 23.0. The van der Waals surface area contributed by atoms with E-state index in [1.165, 1.54) is 12.5 Å². The molecule has 4 aromatic rings. The van der Waals surface area contributed by atoms with Crippen LogP contribution in [0.4, 0.5) is 11.4 Å². The quantitative estimate of drug-likeness (QED) is 0.387. The summed E-state index contributed by atoms with van der Waals surface area (Å²) in [5.41, 5.74) is 6.04. The summed E-state index contributed by atoms with van der Waals surface area (Å²) in [5.74, 6) is -0.114. The minimum Gasteiger partial charge on any atom is -0.368 e. The van der Waals surface area contributed by atoms with Gasteiger partial charge in [-0.25, -0.2) is 4.98 Å². The van der Waals surface area contributed by atoms with Gasteiger partial charge in [0, 0.05) is 60.4 Å². The van der Waals surface area contributed by atoms with Gasteiger partial charge >= 0.3 is 0 Å². The number of nitrogens with zero attached hydrogens (tertiary/aromatic N) is 3. The van der Waals surface area contributed by atoms with Gasteiger partial charge in [0.05, 0.1) is 16.8 Å². The fraction of sp³-hybridized carbons (Fsp3) is 0.207. The molecule has 2 heterocycles. The SMILES string of the molecule is CC(=O)Nc1ccc(-c2cc(C(=O)N3CCN(c4cc(Cl)ccc4C)CC3)c3ccccc3n2)cc1. The number of nitrogens with one attached hydrogen (secondary N) is 1. The first-order valence-electron chi connectivity index (χ1n) is 12.0. The Morgan fingerprint density at radius 1 is 0.917 bits per heavy atom. The van der Waals surface area contributed by atoms with Crippen molar-refractivity contribution in [2.75, 3.05) is 36.4 Å². The molecule has 0 unspecified atom stereocenters. The van der Waals surface area contributed by atoms with E-state index in [1.54, 1.807) is 0 Å². The van der Waals surface area contributed by atoms with Gasteiger partial charge < -0.3 is 15.1 Å². The van der Waals surface area contributed by atoms with Gasteiger partial charge in [-0.05, 0) is 48.9 Å². The predicted molar refractivity (Wildman–Crippen MR) is 146 cm³/mol. The lowest BCUT2D eigenvalue weighted by atomic mass is 10.0. The van der Waals surface area contributed by atoms with Crippen LogP contribution in [0.5, 0.6) is 0 Å². The summed E-state index contributed by atoms with van der Waals surface area (Å²) in [6.45, 7) is 6.30. The van der Waals surface area contributed by atoms with E-state index in [-0.39, 0.29) is 11.8 Å². The normalized spacial score (nSPS) is 13.6. The van der Waals surface area contributed by atoms with Gasteiger partial charge in [-0.1, -0.05) is 48.0 Å². The maximum Gasteiger partial charge on any atom is 0.254 e. The summed E-state index contributed by atoms with van der Waals surface area (Å²) >= 11 is 6.23. The summed E-state index contributed by atoms with van der Waals surface area (Å²) in [6.07, 6.45) is 0. The molecular formula is C29H27ClN4O2. The molecule has 0 spiro atoms. The van der Waals surface area contributed by atoms with Gasteiger partial charge in [0.2, 0.25) is 5.91 Å². The van der Waals surface area contributed by atoms with Gasteiger partial charge in [0.25, 0.3) is 5.91 Å². The Balaban J connectivity index is 1.42. The highest BCUT2D eigenvalue weighted by Gasteiger charge is 2.25. The van der Waals surface area contributed by atoms with Crippen LogP contribution in [0.1, 0.15) is 22.8 Å². The molecule has 6 nitrogen and oxygen atoms in total. The third-order valence-electron chi connectivity index (χ3n) is 6.53. The summed E-state index contributed by atoms with van der Waals surface area (Å²) in [4.78, 5) is 34.1. The highest BCUT2D eigenvalue weighted by atomic mass is 35.5. The fourth-order valence-electron chi connectivity index (χ4n) is 4.67. The Morgan fingerprint density at radius 2 is 1.64 bits per heavy atom. The molecule has 0 bridgehead atoms. The smallest absolute Gasteiger partial charge is 0.254 e. The number of para-hydroxylation sites is 1. The van der Waals surface area contributed by atoms with Crippen molar-refractivity contribution in [2.24, 2.45) is 0 Å². The number of hydrogen-bond acceptors (Lipinski definition) is 4. The van der Waals surface area contributed by atoms with Gasteiger partial charge in [0.1, 0.15) is 0 Å². The number of aryl methyl sites for hydroxylation is 1. The second kappa shape index (κ2) is 9.99. The average Bonchev–Trinajstić information content (AvgIpc) is 2.89. The molecule has 1 saturated heterocycles. The van der Waals surface area contributed by atoms with Crippen molar-refractivity contribution < 1.29 is 9.59 Å². The molecule has 0 radical (unpaired) electrons. The van der Waals surface area contributed by atoms with E-state index in [1.807, 2.05) is 77.7 Å². The minimum atomic E-state index is -0.120. The van der Waals surface area contributed by atoms with Crippen LogP contribution < -0.4 is 10.2 Å². The van der Waals surface area contributed by atoms with E-state index < -0.39 is 0 Å². The van der Waals surface area contributed by atoms with Crippen molar-refractivity contribution in [1.29, 1.82) is 0 Å². The van der Waals surface area contributed by atoms with E-state index in [9.17, 15) is 9.59 Å². The number of rotatable bonds is 4. The summed E-state index contributed by atoms with van der Waals surface area (Å²) in [7, 11) is 0. The van der Waals surface area contributed by atoms with Crippen molar-refractivity contribution in [3.8, 4) is 11.3 Å². The standard InChI is InChI=1S/C29H27ClN4O2/c1-19-7-10-22(30)17-28(19)33-13-15-34(16-14-33)29(36)25-18-27(32-26-6-4-3-5-24(25)26)21-8-11-23(12-9-21)31-20(2)35/h3-12,17-18H,13-16H2,1-2H3,(H,31,35). The zero-order valence-electron chi connectivity index (χ0n) is 20.3. The van der Waals surface area contributed by atoms with Crippen molar-refractivity contribution in [3.63, 3.8) is 0 Å². The van der Waals surface area contributed by atoms with Crippen LogP contribution in [0.2, 0.25) is 5.02 Å². The van der Waals surface area contributed by atoms with E-state index in [0.717, 1.165) is 51.6 Å². The Bertz CT molecular complexity index is 1440. The molecule has 5 rings (SSSR count). The number of hydrogen-bond donors (Lipinski definition) is 1. The first-order chi connectivity index (χ1) is 17.4. The van der Waals surface area contributed by atoms with Crippen LogP contribution in [0.15, 0.2) is 72.8 Å². The monoisotopic (exact) mass is 498 g/mol.